The summed E-state index contributed by atoms with van der Waals surface area (Å²) in [7, 11) is 0. The molecule has 0 aliphatic rings. The molecule has 0 aliphatic heterocycles. The fourth-order valence-electron chi connectivity index (χ4n) is 3.53. The number of rotatable bonds is 5. The number of nitrogens with zero attached hydrogens (tertiary/aromatic N) is 2. The minimum absolute atomic E-state index is 0.205. The van der Waals surface area contributed by atoms with Gasteiger partial charge in [-0.15, -0.1) is 11.3 Å². The van der Waals surface area contributed by atoms with E-state index in [0.717, 1.165) is 22.3 Å². The van der Waals surface area contributed by atoms with Crippen LogP contribution in [-0.4, -0.2) is 15.5 Å². The Morgan fingerprint density at radius 2 is 1.90 bits per heavy atom. The van der Waals surface area contributed by atoms with Gasteiger partial charge in [-0.3, -0.25) is 10.1 Å². The van der Waals surface area contributed by atoms with Gasteiger partial charge < -0.3 is 8.98 Å². The van der Waals surface area contributed by atoms with Crippen LogP contribution in [-0.2, 0) is 6.54 Å². The first-order chi connectivity index (χ1) is 14.7. The van der Waals surface area contributed by atoms with Gasteiger partial charge in [0.05, 0.1) is 17.5 Å². The van der Waals surface area contributed by atoms with E-state index in [-0.39, 0.29) is 5.91 Å². The number of furan rings is 1. The highest BCUT2D eigenvalue weighted by molar-refractivity contribution is 7.14. The minimum Gasteiger partial charge on any atom is -0.463 e. The van der Waals surface area contributed by atoms with Crippen molar-refractivity contribution in [3.63, 3.8) is 0 Å². The quantitative estimate of drug-likeness (QED) is 0.386. The second-order valence-electron chi connectivity index (χ2n) is 7.07. The van der Waals surface area contributed by atoms with Crippen LogP contribution >= 0.6 is 11.3 Å². The van der Waals surface area contributed by atoms with E-state index in [1.807, 2.05) is 58.5 Å². The van der Waals surface area contributed by atoms with Crippen molar-refractivity contribution in [3.05, 3.63) is 95.2 Å². The summed E-state index contributed by atoms with van der Waals surface area (Å²) >= 11 is 1.41. The molecule has 6 heteroatoms. The molecular weight excluding hydrogens is 394 g/mol. The Balaban J connectivity index is 1.45. The fourth-order valence-corrected chi connectivity index (χ4v) is 4.24. The average Bonchev–Trinajstić information content (AvgIpc) is 3.48. The van der Waals surface area contributed by atoms with E-state index in [2.05, 4.69) is 29.4 Å². The second-order valence-corrected chi connectivity index (χ2v) is 7.93. The van der Waals surface area contributed by atoms with E-state index < -0.39 is 0 Å². The third-order valence-electron chi connectivity index (χ3n) is 5.14. The normalized spacial score (nSPS) is 11.1. The molecule has 5 nitrogen and oxygen atoms in total. The Morgan fingerprint density at radius 1 is 1.10 bits per heavy atom. The van der Waals surface area contributed by atoms with E-state index >= 15 is 0 Å². The zero-order chi connectivity index (χ0) is 20.5. The molecule has 5 aromatic rings. The lowest BCUT2D eigenvalue weighted by Gasteiger charge is -2.11. The van der Waals surface area contributed by atoms with Crippen molar-refractivity contribution in [1.29, 1.82) is 0 Å². The SMILES string of the molecule is Cc1ccccc1Cn1c(C(=O)Nc2nc(-c3ccccc3)cs2)cc2occc21. The molecule has 0 aliphatic carbocycles. The van der Waals surface area contributed by atoms with Gasteiger partial charge in [-0.1, -0.05) is 54.6 Å². The summed E-state index contributed by atoms with van der Waals surface area (Å²) in [6.45, 7) is 2.66. The van der Waals surface area contributed by atoms with Crippen LogP contribution in [0, 0.1) is 6.92 Å². The number of aryl methyl sites for hydroxylation is 1. The molecule has 1 amide bonds. The molecule has 1 N–H and O–H groups in total. The summed E-state index contributed by atoms with van der Waals surface area (Å²) in [6.07, 6.45) is 1.65. The molecule has 5 rings (SSSR count). The molecular formula is C24H19N3O2S. The van der Waals surface area contributed by atoms with Crippen LogP contribution in [0.2, 0.25) is 0 Å². The summed E-state index contributed by atoms with van der Waals surface area (Å²) < 4.78 is 7.54. The second kappa shape index (κ2) is 7.65. The van der Waals surface area contributed by atoms with E-state index in [1.165, 1.54) is 16.9 Å². The molecule has 0 spiro atoms. The maximum atomic E-state index is 13.1. The topological polar surface area (TPSA) is 60.1 Å². The number of benzene rings is 2. The lowest BCUT2D eigenvalue weighted by atomic mass is 10.1. The fraction of sp³-hybridized carbons (Fsp3) is 0.0833. The van der Waals surface area contributed by atoms with Gasteiger partial charge in [-0.25, -0.2) is 4.98 Å². The molecule has 0 atom stereocenters. The Hall–Kier alpha value is -3.64. The highest BCUT2D eigenvalue weighted by Crippen LogP contribution is 2.27. The van der Waals surface area contributed by atoms with Crippen molar-refractivity contribution >= 4 is 33.5 Å². The van der Waals surface area contributed by atoms with Gasteiger partial charge in [0.15, 0.2) is 10.7 Å². The van der Waals surface area contributed by atoms with Crippen LogP contribution in [0.1, 0.15) is 21.6 Å². The molecule has 3 aromatic heterocycles. The number of amides is 1. The highest BCUT2D eigenvalue weighted by atomic mass is 32.1. The molecule has 148 valence electrons. The molecule has 2 aromatic carbocycles. The smallest absolute Gasteiger partial charge is 0.274 e. The van der Waals surface area contributed by atoms with Gasteiger partial charge >= 0.3 is 0 Å². The Labute approximate surface area is 177 Å². The van der Waals surface area contributed by atoms with Gasteiger partial charge in [-0.2, -0.15) is 0 Å². The van der Waals surface area contributed by atoms with Crippen molar-refractivity contribution in [2.45, 2.75) is 13.5 Å². The van der Waals surface area contributed by atoms with Gasteiger partial charge in [-0.05, 0) is 18.1 Å². The largest absolute Gasteiger partial charge is 0.463 e. The summed E-state index contributed by atoms with van der Waals surface area (Å²) in [5, 5.41) is 5.46. The van der Waals surface area contributed by atoms with Crippen molar-refractivity contribution < 1.29 is 9.21 Å². The first kappa shape index (κ1) is 18.4. The number of anilines is 1. The lowest BCUT2D eigenvalue weighted by Crippen LogP contribution is -2.17. The minimum atomic E-state index is -0.205. The number of aromatic nitrogens is 2. The number of carbonyl (C=O) groups is 1. The third-order valence-corrected chi connectivity index (χ3v) is 5.90. The standard InChI is InChI=1S/C24H19N3O2S/c1-16-7-5-6-10-18(16)14-27-20-11-12-29-22(20)13-21(27)23(28)26-24-25-19(15-30-24)17-8-3-2-4-9-17/h2-13,15H,14H2,1H3,(H,25,26,28). The first-order valence-electron chi connectivity index (χ1n) is 9.62. The molecule has 30 heavy (non-hydrogen) atoms. The van der Waals surface area contributed by atoms with Gasteiger partial charge in [0.1, 0.15) is 5.69 Å². The summed E-state index contributed by atoms with van der Waals surface area (Å²) in [6, 6.07) is 21.8. The summed E-state index contributed by atoms with van der Waals surface area (Å²) in [4.78, 5) is 17.7. The predicted octanol–water partition coefficient (Wildman–Crippen LogP) is 5.97. The van der Waals surface area contributed by atoms with Crippen molar-refractivity contribution in [1.82, 2.24) is 9.55 Å². The van der Waals surface area contributed by atoms with Gasteiger partial charge in [0.25, 0.3) is 5.91 Å². The number of thiazole rings is 1. The maximum absolute atomic E-state index is 13.1. The van der Waals surface area contributed by atoms with E-state index in [9.17, 15) is 4.79 Å². The number of nitrogens with one attached hydrogen (secondary N) is 1. The van der Waals surface area contributed by atoms with Crippen LogP contribution in [0.15, 0.2) is 82.8 Å². The van der Waals surface area contributed by atoms with Crippen molar-refractivity contribution in [2.75, 3.05) is 5.32 Å². The molecule has 0 fully saturated rings. The van der Waals surface area contributed by atoms with Crippen LogP contribution in [0.5, 0.6) is 0 Å². The molecule has 0 radical (unpaired) electrons. The van der Waals surface area contributed by atoms with Crippen molar-refractivity contribution in [3.8, 4) is 11.3 Å². The maximum Gasteiger partial charge on any atom is 0.274 e. The lowest BCUT2D eigenvalue weighted by molar-refractivity contribution is 0.101. The zero-order valence-corrected chi connectivity index (χ0v) is 17.1. The molecule has 0 unspecified atom stereocenters. The number of fused-ring (bicyclic) bond motifs is 1. The Bertz CT molecular complexity index is 1330. The Kier molecular flexibility index (Phi) is 4.69. The van der Waals surface area contributed by atoms with E-state index in [0.29, 0.717) is 23.0 Å². The number of carbonyl (C=O) groups excluding carboxylic acids is 1. The van der Waals surface area contributed by atoms with Gasteiger partial charge in [0.2, 0.25) is 0 Å². The molecule has 0 saturated heterocycles. The molecule has 0 bridgehead atoms. The highest BCUT2D eigenvalue weighted by Gasteiger charge is 2.19. The van der Waals surface area contributed by atoms with Crippen LogP contribution in [0.3, 0.4) is 0 Å². The third kappa shape index (κ3) is 3.42. The number of hydrogen-bond donors (Lipinski definition) is 1. The summed E-state index contributed by atoms with van der Waals surface area (Å²) in [5.74, 6) is -0.205. The Morgan fingerprint density at radius 3 is 2.73 bits per heavy atom. The van der Waals surface area contributed by atoms with Crippen LogP contribution in [0.25, 0.3) is 22.4 Å². The van der Waals surface area contributed by atoms with Crippen LogP contribution < -0.4 is 5.32 Å². The number of hydrogen-bond acceptors (Lipinski definition) is 4. The van der Waals surface area contributed by atoms with Gasteiger partial charge in [0, 0.05) is 29.6 Å². The summed E-state index contributed by atoms with van der Waals surface area (Å²) in [5.41, 5.74) is 6.34. The first-order valence-corrected chi connectivity index (χ1v) is 10.5. The molecule has 3 heterocycles. The monoisotopic (exact) mass is 413 g/mol. The van der Waals surface area contributed by atoms with Crippen molar-refractivity contribution in [2.24, 2.45) is 0 Å². The molecule has 0 saturated carbocycles. The average molecular weight is 414 g/mol. The van der Waals surface area contributed by atoms with E-state index in [4.69, 9.17) is 4.42 Å². The predicted molar refractivity (Wildman–Crippen MR) is 120 cm³/mol. The zero-order valence-electron chi connectivity index (χ0n) is 16.3. The van der Waals surface area contributed by atoms with E-state index in [1.54, 1.807) is 12.3 Å². The van der Waals surface area contributed by atoms with Crippen LogP contribution in [0.4, 0.5) is 5.13 Å².